The van der Waals surface area contributed by atoms with Crippen LogP contribution in [0, 0.1) is 10.1 Å². The highest BCUT2D eigenvalue weighted by Gasteiger charge is 2.25. The molecule has 2 aromatic carbocycles. The van der Waals surface area contributed by atoms with Gasteiger partial charge >= 0.3 is 5.97 Å². The van der Waals surface area contributed by atoms with Crippen LogP contribution in [0.2, 0.25) is 0 Å². The molecule has 184 valence electrons. The van der Waals surface area contributed by atoms with Gasteiger partial charge in [-0.1, -0.05) is 13.8 Å². The minimum absolute atomic E-state index is 0.00444. The van der Waals surface area contributed by atoms with Crippen molar-refractivity contribution in [1.82, 2.24) is 4.31 Å². The number of rotatable bonds is 11. The lowest BCUT2D eigenvalue weighted by Crippen LogP contribution is -2.30. The van der Waals surface area contributed by atoms with Gasteiger partial charge in [0.1, 0.15) is 5.69 Å². The topological polar surface area (TPSA) is 150 Å². The van der Waals surface area contributed by atoms with E-state index in [4.69, 9.17) is 14.2 Å². The van der Waals surface area contributed by atoms with E-state index in [1.54, 1.807) is 13.8 Å². The molecule has 0 atom stereocenters. The second-order valence-electron chi connectivity index (χ2n) is 6.74. The Kier molecular flexibility index (Phi) is 8.92. The van der Waals surface area contributed by atoms with Crippen molar-refractivity contribution in [2.45, 2.75) is 25.7 Å². The van der Waals surface area contributed by atoms with Crippen LogP contribution in [0.3, 0.4) is 0 Å². The van der Waals surface area contributed by atoms with E-state index in [1.807, 2.05) is 0 Å². The Balaban J connectivity index is 2.37. The highest BCUT2D eigenvalue weighted by molar-refractivity contribution is 7.89. The molecule has 1 N–H and O–H groups in total. The van der Waals surface area contributed by atoms with Crippen LogP contribution in [0.4, 0.5) is 11.4 Å². The molecule has 0 aromatic heterocycles. The summed E-state index contributed by atoms with van der Waals surface area (Å²) in [6.45, 7) is 5.08. The van der Waals surface area contributed by atoms with Gasteiger partial charge in [0.05, 0.1) is 30.3 Å². The number of sulfonamides is 1. The number of nitrogens with zero attached hydrogens (tertiary/aromatic N) is 3. The van der Waals surface area contributed by atoms with Crippen LogP contribution < -0.4 is 19.6 Å². The summed E-state index contributed by atoms with van der Waals surface area (Å²) in [6.07, 6.45) is 1.34. The lowest BCUT2D eigenvalue weighted by molar-refractivity contribution is -0.384. The van der Waals surface area contributed by atoms with E-state index in [2.05, 4.69) is 10.5 Å². The largest absolute Gasteiger partial charge is 0.493 e. The number of hydrogen-bond acceptors (Lipinski definition) is 10. The number of benzene rings is 2. The van der Waals surface area contributed by atoms with E-state index in [9.17, 15) is 23.3 Å². The third kappa shape index (κ3) is 5.99. The molecule has 0 saturated heterocycles. The number of carbonyl (C=O) groups is 1. The average Bonchev–Trinajstić information content (AvgIpc) is 2.79. The number of methoxy groups -OCH3 is 2. The first-order chi connectivity index (χ1) is 16.1. The predicted octanol–water partition coefficient (Wildman–Crippen LogP) is 3.01. The van der Waals surface area contributed by atoms with Crippen LogP contribution in [-0.4, -0.2) is 57.1 Å². The van der Waals surface area contributed by atoms with Gasteiger partial charge in [0.15, 0.2) is 11.5 Å². The van der Waals surface area contributed by atoms with Crippen LogP contribution in [-0.2, 0) is 14.8 Å². The van der Waals surface area contributed by atoms with Gasteiger partial charge in [-0.25, -0.2) is 8.42 Å². The average molecular weight is 495 g/mol. The molecule has 0 heterocycles. The number of carbonyl (C=O) groups excluding carboxylic acids is 1. The Bertz CT molecular complexity index is 1170. The molecule has 0 saturated carbocycles. The third-order valence-electron chi connectivity index (χ3n) is 4.64. The number of nitrogens with one attached hydrogen (secondary N) is 1. The van der Waals surface area contributed by atoms with Crippen molar-refractivity contribution in [3.63, 3.8) is 0 Å². The fourth-order valence-corrected chi connectivity index (χ4v) is 4.50. The van der Waals surface area contributed by atoms with E-state index in [0.29, 0.717) is 5.56 Å². The van der Waals surface area contributed by atoms with Gasteiger partial charge in [0.25, 0.3) is 5.69 Å². The Morgan fingerprint density at radius 1 is 1.15 bits per heavy atom. The molecule has 0 aliphatic rings. The van der Waals surface area contributed by atoms with Crippen LogP contribution >= 0.6 is 0 Å². The maximum atomic E-state index is 12.7. The number of nitro benzene ring substituents is 1. The first-order valence-electron chi connectivity index (χ1n) is 10.1. The molecule has 34 heavy (non-hydrogen) atoms. The third-order valence-corrected chi connectivity index (χ3v) is 6.68. The van der Waals surface area contributed by atoms with E-state index >= 15 is 0 Å². The fourth-order valence-electron chi connectivity index (χ4n) is 3.03. The predicted molar refractivity (Wildman–Crippen MR) is 125 cm³/mol. The fraction of sp³-hybridized carbons (Fsp3) is 0.333. The Hall–Kier alpha value is -3.71. The molecule has 0 spiro atoms. The number of anilines is 1. The number of hydrogen-bond donors (Lipinski definition) is 1. The number of hydrazone groups is 1. The molecule has 2 aromatic rings. The van der Waals surface area contributed by atoms with Gasteiger partial charge in [-0.05, 0) is 24.3 Å². The van der Waals surface area contributed by atoms with Crippen molar-refractivity contribution in [3.05, 3.63) is 46.0 Å². The molecule has 0 fully saturated rings. The molecule has 0 aliphatic carbocycles. The van der Waals surface area contributed by atoms with Gasteiger partial charge in [0.2, 0.25) is 15.8 Å². The second-order valence-corrected chi connectivity index (χ2v) is 8.68. The Labute approximate surface area is 197 Å². The summed E-state index contributed by atoms with van der Waals surface area (Å²) in [5, 5.41) is 15.6. The Morgan fingerprint density at radius 3 is 2.21 bits per heavy atom. The summed E-state index contributed by atoms with van der Waals surface area (Å²) in [5.41, 5.74) is 2.57. The van der Waals surface area contributed by atoms with Crippen molar-refractivity contribution in [2.24, 2.45) is 5.10 Å². The van der Waals surface area contributed by atoms with Crippen molar-refractivity contribution in [2.75, 3.05) is 32.7 Å². The molecule has 2 rings (SSSR count). The first kappa shape index (κ1) is 26.5. The highest BCUT2D eigenvalue weighted by Crippen LogP contribution is 2.38. The smallest absolute Gasteiger partial charge is 0.308 e. The summed E-state index contributed by atoms with van der Waals surface area (Å²) in [7, 11) is -1.09. The maximum Gasteiger partial charge on any atom is 0.308 e. The summed E-state index contributed by atoms with van der Waals surface area (Å²) >= 11 is 0. The molecule has 0 aliphatic heterocycles. The zero-order chi connectivity index (χ0) is 25.5. The molecular weight excluding hydrogens is 468 g/mol. The van der Waals surface area contributed by atoms with Gasteiger partial charge in [0, 0.05) is 31.6 Å². The number of nitro groups is 1. The molecule has 0 bridgehead atoms. The van der Waals surface area contributed by atoms with E-state index in [1.165, 1.54) is 55.9 Å². The van der Waals surface area contributed by atoms with Crippen molar-refractivity contribution < 1.29 is 32.3 Å². The normalized spacial score (nSPS) is 11.5. The zero-order valence-corrected chi connectivity index (χ0v) is 20.2. The second kappa shape index (κ2) is 11.4. The van der Waals surface area contributed by atoms with Crippen LogP contribution in [0.25, 0.3) is 0 Å². The summed E-state index contributed by atoms with van der Waals surface area (Å²) in [4.78, 5) is 22.0. The van der Waals surface area contributed by atoms with Gasteiger partial charge in [-0.15, -0.1) is 0 Å². The number of ether oxygens (including phenoxy) is 3. The minimum atomic E-state index is -3.87. The lowest BCUT2D eigenvalue weighted by Gasteiger charge is -2.18. The minimum Gasteiger partial charge on any atom is -0.493 e. The van der Waals surface area contributed by atoms with E-state index < -0.39 is 26.6 Å². The van der Waals surface area contributed by atoms with Crippen LogP contribution in [0.5, 0.6) is 17.2 Å². The maximum absolute atomic E-state index is 12.7. The molecule has 12 nitrogen and oxygen atoms in total. The van der Waals surface area contributed by atoms with E-state index in [-0.39, 0.29) is 40.9 Å². The molecule has 0 unspecified atom stereocenters. The van der Waals surface area contributed by atoms with E-state index in [0.717, 1.165) is 6.07 Å². The Morgan fingerprint density at radius 2 is 1.74 bits per heavy atom. The summed E-state index contributed by atoms with van der Waals surface area (Å²) in [5.74, 6) is -0.0254. The molecular formula is C21H26N4O8S. The number of esters is 1. The molecule has 0 radical (unpaired) electrons. The summed E-state index contributed by atoms with van der Waals surface area (Å²) < 4.78 is 42.2. The zero-order valence-electron chi connectivity index (χ0n) is 19.4. The van der Waals surface area contributed by atoms with Gasteiger partial charge in [-0.3, -0.25) is 20.3 Å². The summed E-state index contributed by atoms with van der Waals surface area (Å²) in [6, 6.07) is 6.60. The highest BCUT2D eigenvalue weighted by atomic mass is 32.2. The van der Waals surface area contributed by atoms with Gasteiger partial charge < -0.3 is 14.2 Å². The van der Waals surface area contributed by atoms with Crippen molar-refractivity contribution >= 4 is 33.6 Å². The molecule has 13 heteroatoms. The standard InChI is InChI=1S/C21H26N4O8S/c1-6-24(7-2)34(29,30)16-8-9-17(18(12-16)25(27)28)23-22-13-15-10-19(31-4)21(33-14(3)26)20(11-15)32-5/h8-13,23H,6-7H2,1-5H3. The van der Waals surface area contributed by atoms with Crippen LogP contribution in [0.15, 0.2) is 40.3 Å². The van der Waals surface area contributed by atoms with Gasteiger partial charge in [-0.2, -0.15) is 9.41 Å². The lowest BCUT2D eigenvalue weighted by atomic mass is 10.2. The van der Waals surface area contributed by atoms with Crippen molar-refractivity contribution in [1.29, 1.82) is 0 Å². The molecule has 0 amide bonds. The quantitative estimate of drug-likeness (QED) is 0.163. The van der Waals surface area contributed by atoms with Crippen LogP contribution in [0.1, 0.15) is 26.3 Å². The first-order valence-corrected chi connectivity index (χ1v) is 11.5. The van der Waals surface area contributed by atoms with Crippen molar-refractivity contribution in [3.8, 4) is 17.2 Å². The SMILES string of the molecule is CCN(CC)S(=O)(=O)c1ccc(NN=Cc2cc(OC)c(OC(C)=O)c(OC)c2)c([N+](=O)[O-])c1. The monoisotopic (exact) mass is 494 g/mol.